The van der Waals surface area contributed by atoms with Gasteiger partial charge in [0.05, 0.1) is 12.5 Å². The van der Waals surface area contributed by atoms with E-state index in [1.165, 1.54) is 0 Å². The molecule has 0 aliphatic heterocycles. The van der Waals surface area contributed by atoms with E-state index < -0.39 is 0 Å². The zero-order valence-corrected chi connectivity index (χ0v) is 8.12. The van der Waals surface area contributed by atoms with E-state index in [1.807, 2.05) is 0 Å². The summed E-state index contributed by atoms with van der Waals surface area (Å²) in [6, 6.07) is 8.51. The van der Waals surface area contributed by atoms with Crippen LogP contribution in [0.15, 0.2) is 24.3 Å². The first-order valence-corrected chi connectivity index (χ1v) is 4.37. The first-order valence-electron chi connectivity index (χ1n) is 3.99. The lowest BCUT2D eigenvalue weighted by Gasteiger charge is -2.03. The third-order valence-corrected chi connectivity index (χ3v) is 1.71. The number of carbonyl (C=O) groups excluding carboxylic acids is 1. The average molecular weight is 210 g/mol. The van der Waals surface area contributed by atoms with Gasteiger partial charge in [-0.3, -0.25) is 4.79 Å². The summed E-state index contributed by atoms with van der Waals surface area (Å²) in [5.74, 6) is 0.288. The van der Waals surface area contributed by atoms with Crippen molar-refractivity contribution in [1.29, 1.82) is 5.26 Å². The highest BCUT2D eigenvalue weighted by Gasteiger charge is 2.02. The summed E-state index contributed by atoms with van der Waals surface area (Å²) in [6.07, 6.45) is -0.124. The topological polar surface area (TPSA) is 50.1 Å². The van der Waals surface area contributed by atoms with Crippen molar-refractivity contribution in [3.05, 3.63) is 29.3 Å². The maximum atomic E-state index is 10.9. The molecule has 0 amide bonds. The molecule has 0 spiro atoms. The number of benzene rings is 1. The standard InChI is InChI=1S/C10H8ClNO2/c11-8-2-1-3-10(6-8)14-7-9(13)4-5-12/h1-3,6H,4,7H2. The van der Waals surface area contributed by atoms with Crippen molar-refractivity contribution in [1.82, 2.24) is 0 Å². The van der Waals surface area contributed by atoms with Crippen molar-refractivity contribution >= 4 is 17.4 Å². The van der Waals surface area contributed by atoms with Gasteiger partial charge in [0.2, 0.25) is 0 Å². The van der Waals surface area contributed by atoms with Crippen LogP contribution in [0.4, 0.5) is 0 Å². The quantitative estimate of drug-likeness (QED) is 0.764. The minimum atomic E-state index is -0.243. The molecule has 1 aromatic carbocycles. The fourth-order valence-corrected chi connectivity index (χ4v) is 1.04. The number of hydrogen-bond acceptors (Lipinski definition) is 3. The van der Waals surface area contributed by atoms with E-state index >= 15 is 0 Å². The zero-order valence-electron chi connectivity index (χ0n) is 7.37. The lowest BCUT2D eigenvalue weighted by atomic mass is 10.3. The summed E-state index contributed by atoms with van der Waals surface area (Å²) in [6.45, 7) is -0.0894. The molecule has 0 bridgehead atoms. The van der Waals surface area contributed by atoms with Gasteiger partial charge in [-0.2, -0.15) is 5.26 Å². The molecule has 14 heavy (non-hydrogen) atoms. The van der Waals surface area contributed by atoms with E-state index in [9.17, 15) is 4.79 Å². The summed E-state index contributed by atoms with van der Waals surface area (Å²) in [5.41, 5.74) is 0. The van der Waals surface area contributed by atoms with E-state index in [1.54, 1.807) is 30.3 Å². The van der Waals surface area contributed by atoms with Gasteiger partial charge in [0.25, 0.3) is 0 Å². The Morgan fingerprint density at radius 1 is 1.57 bits per heavy atom. The largest absolute Gasteiger partial charge is 0.486 e. The van der Waals surface area contributed by atoms with Gasteiger partial charge in [-0.15, -0.1) is 0 Å². The van der Waals surface area contributed by atoms with Gasteiger partial charge in [0.1, 0.15) is 12.4 Å². The summed E-state index contributed by atoms with van der Waals surface area (Å²) in [4.78, 5) is 10.9. The molecule has 0 aliphatic carbocycles. The third kappa shape index (κ3) is 3.46. The number of ketones is 1. The van der Waals surface area contributed by atoms with Crippen molar-refractivity contribution < 1.29 is 9.53 Å². The van der Waals surface area contributed by atoms with E-state index in [4.69, 9.17) is 21.6 Å². The Morgan fingerprint density at radius 3 is 3.00 bits per heavy atom. The molecule has 0 aliphatic rings. The number of Topliss-reactive ketones (excluding diaryl/α,β-unsaturated/α-hetero) is 1. The summed E-state index contributed by atoms with van der Waals surface area (Å²) >= 11 is 5.70. The minimum absolute atomic E-state index is 0.0894. The number of halogens is 1. The molecule has 0 unspecified atom stereocenters. The minimum Gasteiger partial charge on any atom is -0.486 e. The Hall–Kier alpha value is -1.53. The second kappa shape index (κ2) is 5.25. The van der Waals surface area contributed by atoms with Crippen molar-refractivity contribution in [3.63, 3.8) is 0 Å². The third-order valence-electron chi connectivity index (χ3n) is 1.47. The van der Waals surface area contributed by atoms with Gasteiger partial charge < -0.3 is 4.74 Å². The molecule has 1 aromatic rings. The van der Waals surface area contributed by atoms with Gasteiger partial charge >= 0.3 is 0 Å². The number of ether oxygens (including phenoxy) is 1. The second-order valence-electron chi connectivity index (χ2n) is 2.62. The molecule has 1 rings (SSSR count). The van der Waals surface area contributed by atoms with Crippen LogP contribution in [0.1, 0.15) is 6.42 Å². The van der Waals surface area contributed by atoms with Crippen LogP contribution >= 0.6 is 11.6 Å². The van der Waals surface area contributed by atoms with E-state index in [-0.39, 0.29) is 18.8 Å². The molecule has 0 saturated heterocycles. The molecule has 0 aromatic heterocycles. The van der Waals surface area contributed by atoms with Crippen molar-refractivity contribution in [2.24, 2.45) is 0 Å². The number of carbonyl (C=O) groups is 1. The average Bonchev–Trinajstić information content (AvgIpc) is 2.15. The van der Waals surface area contributed by atoms with Gasteiger partial charge in [-0.1, -0.05) is 17.7 Å². The molecule has 0 fully saturated rings. The molecular formula is C10H8ClNO2. The number of rotatable bonds is 4. The summed E-state index contributed by atoms with van der Waals surface area (Å²) in [7, 11) is 0. The highest BCUT2D eigenvalue weighted by Crippen LogP contribution is 2.16. The Bertz CT molecular complexity index is 371. The summed E-state index contributed by atoms with van der Waals surface area (Å²) in [5, 5.41) is 8.78. The smallest absolute Gasteiger partial charge is 0.184 e. The van der Waals surface area contributed by atoms with Crippen LogP contribution in [0.5, 0.6) is 5.75 Å². The van der Waals surface area contributed by atoms with Crippen LogP contribution in [-0.4, -0.2) is 12.4 Å². The van der Waals surface area contributed by atoms with Gasteiger partial charge in [-0.05, 0) is 18.2 Å². The predicted octanol–water partition coefficient (Wildman–Crippen LogP) is 2.20. The normalized spacial score (nSPS) is 9.14. The van der Waals surface area contributed by atoms with Crippen molar-refractivity contribution in [2.75, 3.05) is 6.61 Å². The highest BCUT2D eigenvalue weighted by molar-refractivity contribution is 6.30. The zero-order chi connectivity index (χ0) is 10.4. The van der Waals surface area contributed by atoms with Gasteiger partial charge in [-0.25, -0.2) is 0 Å². The molecule has 0 N–H and O–H groups in total. The fourth-order valence-electron chi connectivity index (χ4n) is 0.860. The Labute approximate surface area is 86.9 Å². The van der Waals surface area contributed by atoms with Gasteiger partial charge in [0.15, 0.2) is 5.78 Å². The molecule has 3 nitrogen and oxygen atoms in total. The highest BCUT2D eigenvalue weighted by atomic mass is 35.5. The molecule has 0 saturated carbocycles. The first-order chi connectivity index (χ1) is 6.72. The number of nitriles is 1. The second-order valence-corrected chi connectivity index (χ2v) is 3.06. The van der Waals surface area contributed by atoms with Crippen LogP contribution in [0.25, 0.3) is 0 Å². The predicted molar refractivity (Wildman–Crippen MR) is 52.2 cm³/mol. The number of nitrogens with zero attached hydrogens (tertiary/aromatic N) is 1. The van der Waals surface area contributed by atoms with E-state index in [2.05, 4.69) is 0 Å². The monoisotopic (exact) mass is 209 g/mol. The van der Waals surface area contributed by atoms with Crippen LogP contribution in [0.2, 0.25) is 5.02 Å². The fraction of sp³-hybridized carbons (Fsp3) is 0.200. The molecule has 72 valence electrons. The van der Waals surface area contributed by atoms with Crippen molar-refractivity contribution in [3.8, 4) is 11.8 Å². The van der Waals surface area contributed by atoms with Crippen LogP contribution < -0.4 is 4.74 Å². The molecule has 0 radical (unpaired) electrons. The maximum absolute atomic E-state index is 10.9. The molecule has 4 heteroatoms. The SMILES string of the molecule is N#CCC(=O)COc1cccc(Cl)c1. The van der Waals surface area contributed by atoms with Gasteiger partial charge in [0, 0.05) is 5.02 Å². The van der Waals surface area contributed by atoms with E-state index in [0.29, 0.717) is 10.8 Å². The Balaban J connectivity index is 2.46. The Kier molecular flexibility index (Phi) is 3.96. The summed E-state index contributed by atoms with van der Waals surface area (Å²) < 4.78 is 5.12. The van der Waals surface area contributed by atoms with Crippen LogP contribution in [-0.2, 0) is 4.79 Å². The molecule has 0 atom stereocenters. The van der Waals surface area contributed by atoms with E-state index in [0.717, 1.165) is 0 Å². The van der Waals surface area contributed by atoms with Crippen molar-refractivity contribution in [2.45, 2.75) is 6.42 Å². The molecule has 0 heterocycles. The number of hydrogen-bond donors (Lipinski definition) is 0. The van der Waals surface area contributed by atoms with Crippen LogP contribution in [0, 0.1) is 11.3 Å². The lowest BCUT2D eigenvalue weighted by Crippen LogP contribution is -2.09. The molecular weight excluding hydrogens is 202 g/mol. The van der Waals surface area contributed by atoms with Crippen LogP contribution in [0.3, 0.4) is 0 Å². The Morgan fingerprint density at radius 2 is 2.36 bits per heavy atom. The maximum Gasteiger partial charge on any atom is 0.184 e. The lowest BCUT2D eigenvalue weighted by molar-refractivity contribution is -0.120. The first kappa shape index (κ1) is 10.6.